The van der Waals surface area contributed by atoms with Crippen LogP contribution in [0, 0.1) is 0 Å². The molecule has 0 aliphatic rings. The zero-order chi connectivity index (χ0) is 12.5. The summed E-state index contributed by atoms with van der Waals surface area (Å²) in [7, 11) is 0. The lowest BCUT2D eigenvalue weighted by Gasteiger charge is -2.08. The third kappa shape index (κ3) is 3.13. The van der Waals surface area contributed by atoms with Gasteiger partial charge in [0.05, 0.1) is 5.52 Å². The van der Waals surface area contributed by atoms with Crippen molar-refractivity contribution in [1.82, 2.24) is 4.98 Å². The van der Waals surface area contributed by atoms with Crippen LogP contribution in [0.25, 0.3) is 10.9 Å². The van der Waals surface area contributed by atoms with Crippen molar-refractivity contribution in [1.29, 1.82) is 0 Å². The molecule has 0 aliphatic carbocycles. The van der Waals surface area contributed by atoms with Gasteiger partial charge in [-0.1, -0.05) is 28.1 Å². The van der Waals surface area contributed by atoms with Crippen molar-refractivity contribution in [3.63, 3.8) is 0 Å². The van der Waals surface area contributed by atoms with Crippen LogP contribution < -0.4 is 0 Å². The first-order valence-electron chi connectivity index (χ1n) is 4.70. The van der Waals surface area contributed by atoms with Crippen LogP contribution in [0.5, 0.6) is 0 Å². The van der Waals surface area contributed by atoms with E-state index in [1.807, 2.05) is 6.07 Å². The quantitative estimate of drug-likeness (QED) is 0.791. The molecule has 6 heteroatoms. The summed E-state index contributed by atoms with van der Waals surface area (Å²) in [4.78, 5) is 4.13. The lowest BCUT2D eigenvalue weighted by atomic mass is 10.1. The van der Waals surface area contributed by atoms with E-state index in [2.05, 4.69) is 20.9 Å². The first-order chi connectivity index (χ1) is 7.97. The smallest absolute Gasteiger partial charge is 0.256 e. The fourth-order valence-electron chi connectivity index (χ4n) is 1.47. The Bertz CT molecular complexity index is 542. The number of aromatic nitrogens is 1. The molecule has 0 bridgehead atoms. The Balaban J connectivity index is 2.38. The van der Waals surface area contributed by atoms with Crippen LogP contribution in [0.2, 0.25) is 0 Å². The van der Waals surface area contributed by atoms with Crippen molar-refractivity contribution < 1.29 is 13.2 Å². The maximum atomic E-state index is 12.2. The van der Waals surface area contributed by atoms with E-state index in [-0.39, 0.29) is 17.5 Å². The summed E-state index contributed by atoms with van der Waals surface area (Å²) in [6, 6.07) is 7.00. The molecule has 0 spiro atoms. The van der Waals surface area contributed by atoms with E-state index in [4.69, 9.17) is 0 Å². The van der Waals surface area contributed by atoms with Crippen molar-refractivity contribution >= 4 is 38.6 Å². The molecule has 0 saturated heterocycles. The van der Waals surface area contributed by atoms with Gasteiger partial charge in [-0.2, -0.15) is 13.2 Å². The molecule has 1 aromatic carbocycles. The highest BCUT2D eigenvalue weighted by Gasteiger charge is 2.28. The average Bonchev–Trinajstić information content (AvgIpc) is 2.27. The summed E-state index contributed by atoms with van der Waals surface area (Å²) in [6.07, 6.45) is 1.58. The first-order valence-corrected chi connectivity index (χ1v) is 6.48. The Kier molecular flexibility index (Phi) is 3.63. The van der Waals surface area contributed by atoms with Crippen molar-refractivity contribution in [3.05, 3.63) is 40.5 Å². The molecule has 2 aromatic rings. The molecular formula is C11H7BrF3NS. The van der Waals surface area contributed by atoms with Crippen molar-refractivity contribution in [2.24, 2.45) is 0 Å². The van der Waals surface area contributed by atoms with Crippen LogP contribution in [-0.2, 0) is 5.75 Å². The fraction of sp³-hybridized carbons (Fsp3) is 0.182. The SMILES string of the molecule is FC(F)(F)SCc1ccc(Br)c2cccnc12. The highest BCUT2D eigenvalue weighted by molar-refractivity contribution is 9.10. The lowest BCUT2D eigenvalue weighted by molar-refractivity contribution is -0.0329. The molecule has 1 heterocycles. The number of rotatable bonds is 2. The number of nitrogens with zero attached hydrogens (tertiary/aromatic N) is 1. The summed E-state index contributed by atoms with van der Waals surface area (Å²) >= 11 is 3.30. The highest BCUT2D eigenvalue weighted by atomic mass is 79.9. The number of pyridine rings is 1. The molecule has 1 nitrogen and oxygen atoms in total. The molecule has 0 unspecified atom stereocenters. The second kappa shape index (κ2) is 4.86. The molecule has 0 saturated carbocycles. The number of fused-ring (bicyclic) bond motifs is 1. The minimum atomic E-state index is -4.21. The summed E-state index contributed by atoms with van der Waals surface area (Å²) in [5.41, 5.74) is -3.02. The van der Waals surface area contributed by atoms with Crippen molar-refractivity contribution in [2.75, 3.05) is 0 Å². The summed E-state index contributed by atoms with van der Waals surface area (Å²) in [5.74, 6) is -0.121. The molecule has 0 amide bonds. The van der Waals surface area contributed by atoms with Gasteiger partial charge in [0.15, 0.2) is 0 Å². The van der Waals surface area contributed by atoms with Gasteiger partial charge < -0.3 is 0 Å². The third-order valence-corrected chi connectivity index (χ3v) is 3.67. The standard InChI is InChI=1S/C11H7BrF3NS/c12-9-4-3-7(6-17-11(13,14)15)10-8(9)2-1-5-16-10/h1-5H,6H2. The predicted octanol–water partition coefficient (Wildman–Crippen LogP) is 4.75. The third-order valence-electron chi connectivity index (χ3n) is 2.19. The lowest BCUT2D eigenvalue weighted by Crippen LogP contribution is -2.01. The maximum Gasteiger partial charge on any atom is 0.442 e. The second-order valence-electron chi connectivity index (χ2n) is 3.34. The van der Waals surface area contributed by atoms with Gasteiger partial charge in [-0.15, -0.1) is 0 Å². The second-order valence-corrected chi connectivity index (χ2v) is 5.24. The van der Waals surface area contributed by atoms with Crippen molar-refractivity contribution in [3.8, 4) is 0 Å². The van der Waals surface area contributed by atoms with Gasteiger partial charge in [-0.25, -0.2) is 0 Å². The summed E-state index contributed by atoms with van der Waals surface area (Å²) in [5, 5.41) is 0.827. The molecular weight excluding hydrogens is 315 g/mol. The van der Waals surface area contributed by atoms with Crippen LogP contribution in [-0.4, -0.2) is 10.5 Å². The fourth-order valence-corrected chi connectivity index (χ4v) is 2.48. The van der Waals surface area contributed by atoms with E-state index >= 15 is 0 Å². The van der Waals surface area contributed by atoms with Gasteiger partial charge in [-0.05, 0) is 29.5 Å². The topological polar surface area (TPSA) is 12.9 Å². The summed E-state index contributed by atoms with van der Waals surface area (Å²) in [6.45, 7) is 0. The van der Waals surface area contributed by atoms with Crippen LogP contribution >= 0.6 is 27.7 Å². The maximum absolute atomic E-state index is 12.2. The minimum absolute atomic E-state index is 0.0479. The van der Waals surface area contributed by atoms with Gasteiger partial charge in [0.2, 0.25) is 0 Å². The van der Waals surface area contributed by atoms with Crippen LogP contribution in [0.4, 0.5) is 13.2 Å². The van der Waals surface area contributed by atoms with E-state index in [9.17, 15) is 13.2 Å². The Labute approximate surface area is 109 Å². The van der Waals surface area contributed by atoms with Crippen molar-refractivity contribution in [2.45, 2.75) is 11.3 Å². The van der Waals surface area contributed by atoms with Gasteiger partial charge in [-0.3, -0.25) is 4.98 Å². The van der Waals surface area contributed by atoms with Crippen LogP contribution in [0.15, 0.2) is 34.9 Å². The van der Waals surface area contributed by atoms with E-state index in [0.717, 1.165) is 9.86 Å². The molecule has 90 valence electrons. The van der Waals surface area contributed by atoms with Crippen LogP contribution in [0.3, 0.4) is 0 Å². The molecule has 2 rings (SSSR count). The zero-order valence-electron chi connectivity index (χ0n) is 8.46. The highest BCUT2D eigenvalue weighted by Crippen LogP contribution is 2.35. The van der Waals surface area contributed by atoms with Crippen LogP contribution in [0.1, 0.15) is 5.56 Å². The molecule has 0 atom stereocenters. The Morgan fingerprint density at radius 3 is 2.71 bits per heavy atom. The molecule has 0 N–H and O–H groups in total. The number of benzene rings is 1. The van der Waals surface area contributed by atoms with Gasteiger partial charge >= 0.3 is 5.51 Å². The number of halogens is 4. The van der Waals surface area contributed by atoms with Gasteiger partial charge in [0.1, 0.15) is 0 Å². The molecule has 0 aliphatic heterocycles. The monoisotopic (exact) mass is 321 g/mol. The Hall–Kier alpha value is -0.750. The first kappa shape index (κ1) is 12.7. The largest absolute Gasteiger partial charge is 0.442 e. The Morgan fingerprint density at radius 1 is 1.24 bits per heavy atom. The van der Waals surface area contributed by atoms with E-state index in [0.29, 0.717) is 11.1 Å². The van der Waals surface area contributed by atoms with Gasteiger partial charge in [0.25, 0.3) is 0 Å². The number of alkyl halides is 3. The number of thioether (sulfide) groups is 1. The predicted molar refractivity (Wildman–Crippen MR) is 66.8 cm³/mol. The molecule has 0 fully saturated rings. The number of hydrogen-bond acceptors (Lipinski definition) is 2. The van der Waals surface area contributed by atoms with E-state index < -0.39 is 5.51 Å². The minimum Gasteiger partial charge on any atom is -0.256 e. The molecule has 0 radical (unpaired) electrons. The van der Waals surface area contributed by atoms with Gasteiger partial charge in [0, 0.05) is 21.8 Å². The summed E-state index contributed by atoms with van der Waals surface area (Å²) < 4.78 is 37.3. The Morgan fingerprint density at radius 2 is 2.00 bits per heavy atom. The molecule has 1 aromatic heterocycles. The zero-order valence-corrected chi connectivity index (χ0v) is 10.9. The van der Waals surface area contributed by atoms with E-state index in [1.165, 1.54) is 0 Å². The molecule has 17 heavy (non-hydrogen) atoms. The normalized spacial score (nSPS) is 12.0. The van der Waals surface area contributed by atoms with E-state index in [1.54, 1.807) is 24.4 Å². The number of hydrogen-bond donors (Lipinski definition) is 0. The average molecular weight is 322 g/mol.